The molecule has 0 saturated carbocycles. The predicted octanol–water partition coefficient (Wildman–Crippen LogP) is 3.52. The first-order chi connectivity index (χ1) is 10.1. The number of rotatable bonds is 7. The molecule has 0 saturated heterocycles. The van der Waals surface area contributed by atoms with Crippen LogP contribution in [0.15, 0.2) is 36.0 Å². The summed E-state index contributed by atoms with van der Waals surface area (Å²) in [6.07, 6.45) is 1.74. The first-order valence-corrected chi connectivity index (χ1v) is 7.86. The molecule has 0 fully saturated rings. The van der Waals surface area contributed by atoms with Gasteiger partial charge in [0.05, 0.1) is 16.7 Å². The van der Waals surface area contributed by atoms with Crippen LogP contribution in [0.25, 0.3) is 0 Å². The van der Waals surface area contributed by atoms with E-state index in [1.165, 1.54) is 11.8 Å². The molecule has 8 heteroatoms. The van der Waals surface area contributed by atoms with Crippen LogP contribution in [0.3, 0.4) is 0 Å². The highest BCUT2D eigenvalue weighted by Gasteiger charge is 2.10. The lowest BCUT2D eigenvalue weighted by molar-refractivity contribution is 0.344. The number of para-hydroxylation sites is 1. The average molecular weight is 345 g/mol. The second-order valence-electron chi connectivity index (χ2n) is 3.99. The molecule has 21 heavy (non-hydrogen) atoms. The van der Waals surface area contributed by atoms with E-state index in [1.54, 1.807) is 28.8 Å². The van der Waals surface area contributed by atoms with Crippen molar-refractivity contribution in [1.82, 2.24) is 14.8 Å². The van der Waals surface area contributed by atoms with E-state index >= 15 is 0 Å². The average Bonchev–Trinajstić information content (AvgIpc) is 2.79. The van der Waals surface area contributed by atoms with Crippen molar-refractivity contribution in [2.24, 2.45) is 0 Å². The largest absolute Gasteiger partial charge is 0.490 e. The minimum atomic E-state index is 0.368. The number of aromatic nitrogens is 3. The fourth-order valence-electron chi connectivity index (χ4n) is 1.60. The molecule has 0 aliphatic carbocycles. The number of halogens is 2. The molecule has 0 spiro atoms. The molecule has 1 heterocycles. The van der Waals surface area contributed by atoms with Crippen molar-refractivity contribution in [2.45, 2.75) is 11.7 Å². The molecule has 0 aliphatic heterocycles. The van der Waals surface area contributed by atoms with Gasteiger partial charge in [0, 0.05) is 12.3 Å². The van der Waals surface area contributed by atoms with E-state index in [4.69, 9.17) is 33.7 Å². The summed E-state index contributed by atoms with van der Waals surface area (Å²) in [6, 6.07) is 5.24. The summed E-state index contributed by atoms with van der Waals surface area (Å²) in [6.45, 7) is 4.69. The lowest BCUT2D eigenvalue weighted by Gasteiger charge is -2.09. The number of nitrogen functional groups attached to an aromatic ring is 1. The highest BCUT2D eigenvalue weighted by molar-refractivity contribution is 7.99. The fraction of sp³-hybridized carbons (Fsp3) is 0.231. The van der Waals surface area contributed by atoms with Gasteiger partial charge in [-0.25, -0.2) is 0 Å². The second kappa shape index (κ2) is 7.59. The molecule has 0 aliphatic rings. The molecule has 0 unspecified atom stereocenters. The Morgan fingerprint density at radius 1 is 1.33 bits per heavy atom. The Hall–Kier alpha value is -1.37. The highest BCUT2D eigenvalue weighted by Crippen LogP contribution is 2.32. The summed E-state index contributed by atoms with van der Waals surface area (Å²) < 4.78 is 7.38. The lowest BCUT2D eigenvalue weighted by atomic mass is 10.3. The minimum absolute atomic E-state index is 0.368. The van der Waals surface area contributed by atoms with Gasteiger partial charge >= 0.3 is 0 Å². The molecule has 0 amide bonds. The van der Waals surface area contributed by atoms with Gasteiger partial charge in [-0.05, 0) is 12.1 Å². The van der Waals surface area contributed by atoms with Gasteiger partial charge in [0.1, 0.15) is 0 Å². The topological polar surface area (TPSA) is 66.0 Å². The van der Waals surface area contributed by atoms with E-state index < -0.39 is 0 Å². The van der Waals surface area contributed by atoms with Crippen LogP contribution in [-0.2, 0) is 6.54 Å². The first-order valence-electron chi connectivity index (χ1n) is 6.12. The van der Waals surface area contributed by atoms with E-state index in [1.807, 2.05) is 0 Å². The number of hydrogen-bond acceptors (Lipinski definition) is 5. The van der Waals surface area contributed by atoms with Crippen LogP contribution >= 0.6 is 35.0 Å². The Morgan fingerprint density at radius 2 is 2.05 bits per heavy atom. The fourth-order valence-corrected chi connectivity index (χ4v) is 2.88. The lowest BCUT2D eigenvalue weighted by Crippen LogP contribution is -2.05. The number of ether oxygens (including phenoxy) is 1. The smallest absolute Gasteiger partial charge is 0.222 e. The van der Waals surface area contributed by atoms with Gasteiger partial charge < -0.3 is 10.5 Å². The van der Waals surface area contributed by atoms with Crippen molar-refractivity contribution in [2.75, 3.05) is 18.1 Å². The zero-order valence-electron chi connectivity index (χ0n) is 11.1. The number of nitrogens with two attached hydrogens (primary N) is 1. The van der Waals surface area contributed by atoms with E-state index in [9.17, 15) is 0 Å². The normalized spacial score (nSPS) is 10.6. The van der Waals surface area contributed by atoms with Gasteiger partial charge in [-0.3, -0.25) is 4.57 Å². The number of benzene rings is 1. The molecular formula is C13H14Cl2N4OS. The summed E-state index contributed by atoms with van der Waals surface area (Å²) in [5.74, 6) is 1.53. The van der Waals surface area contributed by atoms with Crippen LogP contribution in [0, 0.1) is 0 Å². The predicted molar refractivity (Wildman–Crippen MR) is 87.3 cm³/mol. The summed E-state index contributed by atoms with van der Waals surface area (Å²) >= 11 is 13.5. The Kier molecular flexibility index (Phi) is 5.78. The highest BCUT2D eigenvalue weighted by atomic mass is 35.5. The Labute approximate surface area is 137 Å². The van der Waals surface area contributed by atoms with Crippen LogP contribution in [0.4, 0.5) is 5.95 Å². The van der Waals surface area contributed by atoms with Gasteiger partial charge in [-0.15, -0.1) is 16.8 Å². The van der Waals surface area contributed by atoms with Crippen LogP contribution in [0.1, 0.15) is 0 Å². The number of anilines is 1. The molecular weight excluding hydrogens is 331 g/mol. The molecule has 2 aromatic rings. The Bertz CT molecular complexity index is 612. The third kappa shape index (κ3) is 4.06. The van der Waals surface area contributed by atoms with E-state index in [2.05, 4.69) is 16.8 Å². The molecule has 0 bridgehead atoms. The van der Waals surface area contributed by atoms with E-state index in [0.717, 1.165) is 5.16 Å². The maximum atomic E-state index is 6.02. The van der Waals surface area contributed by atoms with Gasteiger partial charge in [-0.1, -0.05) is 47.1 Å². The Morgan fingerprint density at radius 3 is 2.71 bits per heavy atom. The monoisotopic (exact) mass is 344 g/mol. The van der Waals surface area contributed by atoms with Gasteiger partial charge in [0.15, 0.2) is 10.9 Å². The Balaban J connectivity index is 1.89. The third-order valence-corrected chi connectivity index (χ3v) is 4.06. The van der Waals surface area contributed by atoms with Crippen molar-refractivity contribution >= 4 is 40.9 Å². The van der Waals surface area contributed by atoms with E-state index in [-0.39, 0.29) is 0 Å². The van der Waals surface area contributed by atoms with Crippen LogP contribution in [0.5, 0.6) is 5.75 Å². The standard InChI is InChI=1S/C13H14Cl2N4OS/c1-2-6-19-12(16)17-18-13(19)21-8-7-20-11-9(14)4-3-5-10(11)15/h2-5H,1,6-8H2,(H2,16,17). The maximum Gasteiger partial charge on any atom is 0.222 e. The van der Waals surface area contributed by atoms with Crippen molar-refractivity contribution in [3.63, 3.8) is 0 Å². The van der Waals surface area contributed by atoms with Crippen molar-refractivity contribution in [3.05, 3.63) is 40.9 Å². The molecule has 1 aromatic carbocycles. The summed E-state index contributed by atoms with van der Waals surface area (Å²) in [4.78, 5) is 0. The molecule has 112 valence electrons. The minimum Gasteiger partial charge on any atom is -0.490 e. The van der Waals surface area contributed by atoms with Gasteiger partial charge in [0.2, 0.25) is 5.95 Å². The van der Waals surface area contributed by atoms with Crippen LogP contribution in [0.2, 0.25) is 10.0 Å². The summed E-state index contributed by atoms with van der Waals surface area (Å²) in [5.41, 5.74) is 5.72. The number of allylic oxidation sites excluding steroid dienone is 1. The SMILES string of the molecule is C=CCn1c(N)nnc1SCCOc1c(Cl)cccc1Cl. The quantitative estimate of drug-likeness (QED) is 0.472. The summed E-state index contributed by atoms with van der Waals surface area (Å²) in [7, 11) is 0. The first kappa shape index (κ1) is 16.0. The molecule has 0 atom stereocenters. The number of nitrogens with zero attached hydrogens (tertiary/aromatic N) is 3. The van der Waals surface area contributed by atoms with Crippen LogP contribution in [-0.4, -0.2) is 27.1 Å². The zero-order valence-corrected chi connectivity index (χ0v) is 13.5. The molecule has 2 rings (SSSR count). The second-order valence-corrected chi connectivity index (χ2v) is 5.86. The number of hydrogen-bond donors (Lipinski definition) is 1. The maximum absolute atomic E-state index is 6.02. The molecule has 1 aromatic heterocycles. The van der Waals surface area contributed by atoms with Crippen LogP contribution < -0.4 is 10.5 Å². The zero-order chi connectivity index (χ0) is 15.2. The third-order valence-electron chi connectivity index (χ3n) is 2.54. The van der Waals surface area contributed by atoms with Gasteiger partial charge in [-0.2, -0.15) is 0 Å². The molecule has 0 radical (unpaired) electrons. The van der Waals surface area contributed by atoms with Crippen molar-refractivity contribution < 1.29 is 4.74 Å². The summed E-state index contributed by atoms with van der Waals surface area (Å²) in [5, 5.41) is 9.56. The molecule has 2 N–H and O–H groups in total. The number of thioether (sulfide) groups is 1. The van der Waals surface area contributed by atoms with Crippen molar-refractivity contribution in [1.29, 1.82) is 0 Å². The van der Waals surface area contributed by atoms with E-state index in [0.29, 0.717) is 40.6 Å². The van der Waals surface area contributed by atoms with Crippen molar-refractivity contribution in [3.8, 4) is 5.75 Å². The molecule has 5 nitrogen and oxygen atoms in total. The van der Waals surface area contributed by atoms with Gasteiger partial charge in [0.25, 0.3) is 0 Å².